The molecule has 0 aliphatic rings. The van der Waals surface area contributed by atoms with E-state index in [-0.39, 0.29) is 70.5 Å². The van der Waals surface area contributed by atoms with E-state index in [9.17, 15) is 29.7 Å². The molecule has 18 nitrogen and oxygen atoms in total. The standard InChI is InChI=1S/C81H110O18/c1-18-56(63-34-44-73(95-77(86)98-80(12,13)14)75(50-63)96-78(87)99-81(15,16)17)46-66(64-35-43-72(92-54(7)89-20-3)74(51-64)93-55(8)90-21-4)48-61(62-33-42-70(83)71(84)49-62)26-24-22-23-25-60(58-27-36-67(82)37-28-58)47-65(59-31-40-69(41-32-59)94-76(85)97-79(9,10)11)45-52(5)57-29-38-68(39-30-57)91-53(6)88-19-2/h27-44,49-56,60-61,65-66,82-84H,18-26,45-48H2,1-17H3. The Kier molecular flexibility index (Phi) is 30.5. The first-order chi connectivity index (χ1) is 46.8. The second kappa shape index (κ2) is 37.8. The maximum atomic E-state index is 13.4. The summed E-state index contributed by atoms with van der Waals surface area (Å²) in [5.74, 6) is 1.45. The van der Waals surface area contributed by atoms with Crippen LogP contribution in [0.3, 0.4) is 0 Å². The molecule has 0 saturated heterocycles. The maximum Gasteiger partial charge on any atom is 0.514 e. The highest BCUT2D eigenvalue weighted by atomic mass is 16.8. The lowest BCUT2D eigenvalue weighted by Gasteiger charge is -2.30. The Morgan fingerprint density at radius 1 is 0.364 bits per heavy atom. The van der Waals surface area contributed by atoms with Crippen molar-refractivity contribution >= 4 is 18.5 Å². The van der Waals surface area contributed by atoms with Gasteiger partial charge in [-0.3, -0.25) is 0 Å². The molecule has 9 unspecified atom stereocenters. The lowest BCUT2D eigenvalue weighted by molar-refractivity contribution is -0.0766. The third-order valence-corrected chi connectivity index (χ3v) is 16.8. The molecule has 6 aromatic rings. The van der Waals surface area contributed by atoms with Gasteiger partial charge in [-0.25, -0.2) is 14.4 Å². The fourth-order valence-electron chi connectivity index (χ4n) is 12.2. The molecule has 99 heavy (non-hydrogen) atoms. The zero-order valence-electron chi connectivity index (χ0n) is 61.5. The van der Waals surface area contributed by atoms with Crippen LogP contribution in [0, 0.1) is 0 Å². The quantitative estimate of drug-likeness (QED) is 0.00831. The van der Waals surface area contributed by atoms with Gasteiger partial charge in [0.1, 0.15) is 34.1 Å². The lowest BCUT2D eigenvalue weighted by atomic mass is 9.76. The van der Waals surface area contributed by atoms with Gasteiger partial charge in [0.2, 0.25) is 0 Å². The van der Waals surface area contributed by atoms with Crippen molar-refractivity contribution in [1.29, 1.82) is 0 Å². The fraction of sp³-hybridized carbons (Fsp3) is 0.519. The van der Waals surface area contributed by atoms with Gasteiger partial charge in [-0.1, -0.05) is 87.7 Å². The number of rotatable bonds is 36. The molecule has 0 spiro atoms. The number of benzene rings is 6. The van der Waals surface area contributed by atoms with Crippen molar-refractivity contribution in [3.8, 4) is 51.7 Å². The van der Waals surface area contributed by atoms with E-state index in [0.717, 1.165) is 84.1 Å². The monoisotopic (exact) mass is 1370 g/mol. The molecule has 18 heteroatoms. The summed E-state index contributed by atoms with van der Waals surface area (Å²) in [6.45, 7) is 32.7. The van der Waals surface area contributed by atoms with E-state index < -0.39 is 47.8 Å². The van der Waals surface area contributed by atoms with Crippen LogP contribution in [-0.2, 0) is 28.4 Å². The van der Waals surface area contributed by atoms with Crippen molar-refractivity contribution in [2.24, 2.45) is 0 Å². The van der Waals surface area contributed by atoms with Crippen molar-refractivity contribution in [3.63, 3.8) is 0 Å². The number of carbonyl (C=O) groups excluding carboxylic acids is 3. The minimum Gasteiger partial charge on any atom is -0.508 e. The molecule has 542 valence electrons. The summed E-state index contributed by atoms with van der Waals surface area (Å²) >= 11 is 0. The van der Waals surface area contributed by atoms with Gasteiger partial charge < -0.3 is 72.2 Å². The van der Waals surface area contributed by atoms with E-state index >= 15 is 0 Å². The van der Waals surface area contributed by atoms with Crippen LogP contribution in [0.5, 0.6) is 51.7 Å². The van der Waals surface area contributed by atoms with Crippen molar-refractivity contribution in [2.75, 3.05) is 19.8 Å². The zero-order valence-corrected chi connectivity index (χ0v) is 61.5. The van der Waals surface area contributed by atoms with Crippen LogP contribution in [-0.4, -0.2) is 89.3 Å². The number of phenols is 3. The average molecular weight is 1370 g/mol. The van der Waals surface area contributed by atoms with Gasteiger partial charge in [0.15, 0.2) is 53.4 Å². The SMILES string of the molecule is CCOC(C)Oc1ccc(C(C)CC(CC(CCCCCC(CC(CC(CC)c2ccc(OC(=O)OC(C)(C)C)c(OC(=O)OC(C)(C)C)c2)c2ccc(OC(C)OCC)c(OC(C)OCC)c2)c2ccc(O)c(O)c2)c2ccc(O)cc2)c2ccc(OC(=O)OC(C)(C)C)cc2)cc1. The normalized spacial score (nSPS) is 14.6. The summed E-state index contributed by atoms with van der Waals surface area (Å²) in [6, 6.07) is 39.6. The number of unbranched alkanes of at least 4 members (excludes halogenated alkanes) is 2. The summed E-state index contributed by atoms with van der Waals surface area (Å²) < 4.78 is 70.0. The molecule has 0 saturated carbocycles. The number of aromatic hydroxyl groups is 3. The minimum atomic E-state index is -0.978. The van der Waals surface area contributed by atoms with Crippen molar-refractivity contribution in [3.05, 3.63) is 161 Å². The summed E-state index contributed by atoms with van der Waals surface area (Å²) in [4.78, 5) is 39.3. The molecule has 9 atom stereocenters. The predicted molar refractivity (Wildman–Crippen MR) is 383 cm³/mol. The first-order valence-corrected chi connectivity index (χ1v) is 35.2. The Labute approximate surface area is 587 Å². The zero-order chi connectivity index (χ0) is 72.6. The van der Waals surface area contributed by atoms with Gasteiger partial charge in [0, 0.05) is 19.8 Å². The van der Waals surface area contributed by atoms with Gasteiger partial charge in [-0.05, 0) is 290 Å². The third kappa shape index (κ3) is 27.5. The Bertz CT molecular complexity index is 3440. The Balaban J connectivity index is 1.36. The highest BCUT2D eigenvalue weighted by Gasteiger charge is 2.31. The van der Waals surface area contributed by atoms with E-state index in [1.807, 2.05) is 120 Å². The van der Waals surface area contributed by atoms with E-state index in [0.29, 0.717) is 56.3 Å². The topological polar surface area (TPSA) is 223 Å². The van der Waals surface area contributed by atoms with E-state index in [2.05, 4.69) is 26.0 Å². The largest absolute Gasteiger partial charge is 0.514 e. The molecule has 6 rings (SSSR count). The second-order valence-electron chi connectivity index (χ2n) is 28.4. The van der Waals surface area contributed by atoms with Crippen LogP contribution < -0.4 is 28.4 Å². The van der Waals surface area contributed by atoms with E-state index in [4.69, 9.17) is 56.8 Å². The fourth-order valence-corrected chi connectivity index (χ4v) is 12.2. The number of carbonyl (C=O) groups is 3. The lowest BCUT2D eigenvalue weighted by Crippen LogP contribution is -2.27. The van der Waals surface area contributed by atoms with Gasteiger partial charge in [-0.15, -0.1) is 0 Å². The molecule has 0 fully saturated rings. The molecule has 0 aliphatic carbocycles. The first-order valence-electron chi connectivity index (χ1n) is 35.2. The van der Waals surface area contributed by atoms with Crippen LogP contribution in [0.1, 0.15) is 251 Å². The third-order valence-electron chi connectivity index (χ3n) is 16.8. The second-order valence-corrected chi connectivity index (χ2v) is 28.4. The van der Waals surface area contributed by atoms with E-state index in [1.54, 1.807) is 92.6 Å². The summed E-state index contributed by atoms with van der Waals surface area (Å²) in [7, 11) is 0. The first kappa shape index (κ1) is 79.8. The number of hydrogen-bond donors (Lipinski definition) is 3. The predicted octanol–water partition coefficient (Wildman–Crippen LogP) is 21.0. The van der Waals surface area contributed by atoms with Crippen LogP contribution in [0.4, 0.5) is 14.4 Å². The number of phenolic OH excluding ortho intramolecular Hbond substituents is 3. The van der Waals surface area contributed by atoms with Crippen LogP contribution in [0.2, 0.25) is 0 Å². The Hall–Kier alpha value is -8.19. The molecule has 3 N–H and O–H groups in total. The summed E-state index contributed by atoms with van der Waals surface area (Å²) in [5.41, 5.74) is 3.50. The van der Waals surface area contributed by atoms with E-state index in [1.165, 1.54) is 6.07 Å². The number of ether oxygens (including phenoxy) is 12. The van der Waals surface area contributed by atoms with Gasteiger partial charge in [0.05, 0.1) is 0 Å². The molecule has 6 aromatic carbocycles. The van der Waals surface area contributed by atoms with Crippen molar-refractivity contribution in [1.82, 2.24) is 0 Å². The van der Waals surface area contributed by atoms with Crippen LogP contribution in [0.15, 0.2) is 127 Å². The van der Waals surface area contributed by atoms with Gasteiger partial charge in [-0.2, -0.15) is 0 Å². The van der Waals surface area contributed by atoms with Gasteiger partial charge >= 0.3 is 18.5 Å². The molecule has 0 bridgehead atoms. The van der Waals surface area contributed by atoms with Crippen LogP contribution in [0.25, 0.3) is 0 Å². The highest BCUT2D eigenvalue weighted by molar-refractivity contribution is 5.70. The molecular weight excluding hydrogens is 1260 g/mol. The smallest absolute Gasteiger partial charge is 0.508 e. The summed E-state index contributed by atoms with van der Waals surface area (Å²) in [5, 5.41) is 32.5. The van der Waals surface area contributed by atoms with Gasteiger partial charge in [0.25, 0.3) is 0 Å². The van der Waals surface area contributed by atoms with Crippen molar-refractivity contribution < 1.29 is 86.5 Å². The maximum absolute atomic E-state index is 13.4. The van der Waals surface area contributed by atoms with Crippen molar-refractivity contribution in [2.45, 2.75) is 253 Å². The Morgan fingerprint density at radius 2 is 0.758 bits per heavy atom. The number of hydrogen-bond acceptors (Lipinski definition) is 18. The molecule has 0 aromatic heterocycles. The molecule has 0 aliphatic heterocycles. The van der Waals surface area contributed by atoms with Crippen LogP contribution >= 0.6 is 0 Å². The molecular formula is C81H110O18. The summed E-state index contributed by atoms with van der Waals surface area (Å²) in [6.07, 6.45) is 3.14. The minimum absolute atomic E-state index is 0.0231. The highest BCUT2D eigenvalue weighted by Crippen LogP contribution is 2.47. The molecule has 0 heterocycles. The molecule has 0 radical (unpaired) electrons. The Morgan fingerprint density at radius 3 is 1.28 bits per heavy atom. The molecule has 0 amide bonds. The average Bonchev–Trinajstić information content (AvgIpc) is 0.818.